The number of nitrogens with zero attached hydrogens (tertiary/aromatic N) is 2. The Labute approximate surface area is 108 Å². The van der Waals surface area contributed by atoms with Gasteiger partial charge in [-0.1, -0.05) is 0 Å². The third-order valence-corrected chi connectivity index (χ3v) is 3.50. The Kier molecular flexibility index (Phi) is 3.21. The normalized spacial score (nSPS) is 11.2. The van der Waals surface area contributed by atoms with Crippen LogP contribution in [0, 0.1) is 6.92 Å². The van der Waals surface area contributed by atoms with Gasteiger partial charge in [0, 0.05) is 6.20 Å². The van der Waals surface area contributed by atoms with Crippen LogP contribution in [0.2, 0.25) is 0 Å². The molecule has 0 bridgehead atoms. The number of aromatic carboxylic acids is 1. The summed E-state index contributed by atoms with van der Waals surface area (Å²) in [4.78, 5) is 20.9. The Morgan fingerprint density at radius 1 is 1.42 bits per heavy atom. The van der Waals surface area contributed by atoms with Crippen molar-refractivity contribution in [3.8, 4) is 0 Å². The fourth-order valence-electron chi connectivity index (χ4n) is 1.39. The van der Waals surface area contributed by atoms with Crippen LogP contribution in [0.1, 0.15) is 16.3 Å². The molecule has 0 spiro atoms. The molecule has 0 aliphatic carbocycles. The average Bonchev–Trinajstić information content (AvgIpc) is 2.76. The molecule has 8 nitrogen and oxygen atoms in total. The standard InChI is InChI=1S/C10H10N4O4S/c1-6-12-5-8(13-6)19(17,18)14-7-3-2-4-11-9(7)10(15)16/h2-5,14H,1H3,(H,12,13)(H,15,16). The van der Waals surface area contributed by atoms with Crippen LogP contribution in [-0.4, -0.2) is 34.4 Å². The lowest BCUT2D eigenvalue weighted by Crippen LogP contribution is -2.16. The van der Waals surface area contributed by atoms with Crippen LogP contribution >= 0.6 is 0 Å². The minimum atomic E-state index is -3.92. The molecule has 2 aromatic heterocycles. The van der Waals surface area contributed by atoms with E-state index in [0.717, 1.165) is 6.20 Å². The van der Waals surface area contributed by atoms with Crippen molar-refractivity contribution in [1.82, 2.24) is 15.0 Å². The first-order valence-corrected chi connectivity index (χ1v) is 6.61. The van der Waals surface area contributed by atoms with Crippen LogP contribution in [0.3, 0.4) is 0 Å². The largest absolute Gasteiger partial charge is 0.476 e. The van der Waals surface area contributed by atoms with Crippen molar-refractivity contribution in [2.45, 2.75) is 11.9 Å². The Hall–Kier alpha value is -2.42. The molecule has 9 heteroatoms. The Morgan fingerprint density at radius 3 is 2.74 bits per heavy atom. The van der Waals surface area contributed by atoms with E-state index >= 15 is 0 Å². The zero-order valence-electron chi connectivity index (χ0n) is 9.78. The molecule has 0 aliphatic rings. The molecule has 0 atom stereocenters. The maximum atomic E-state index is 12.0. The van der Waals surface area contributed by atoms with Crippen molar-refractivity contribution in [2.75, 3.05) is 4.72 Å². The van der Waals surface area contributed by atoms with Gasteiger partial charge in [0.05, 0.1) is 11.9 Å². The van der Waals surface area contributed by atoms with Crippen LogP contribution in [0.5, 0.6) is 0 Å². The lowest BCUT2D eigenvalue weighted by Gasteiger charge is -2.07. The Balaban J connectivity index is 2.39. The van der Waals surface area contributed by atoms with Crippen LogP contribution in [0.15, 0.2) is 29.6 Å². The molecular weight excluding hydrogens is 272 g/mol. The number of sulfonamides is 1. The molecule has 0 aromatic carbocycles. The minimum absolute atomic E-state index is 0.109. The second kappa shape index (κ2) is 4.69. The van der Waals surface area contributed by atoms with Crippen molar-refractivity contribution in [1.29, 1.82) is 0 Å². The molecule has 0 fully saturated rings. The molecular formula is C10H10N4O4S. The number of carboxylic acids is 1. The second-order valence-electron chi connectivity index (χ2n) is 3.64. The summed E-state index contributed by atoms with van der Waals surface area (Å²) in [5.74, 6) is -0.885. The maximum Gasteiger partial charge on any atom is 0.356 e. The molecule has 0 aliphatic heterocycles. The Morgan fingerprint density at radius 2 is 2.16 bits per heavy atom. The van der Waals surface area contributed by atoms with E-state index in [9.17, 15) is 13.2 Å². The molecule has 0 amide bonds. The maximum absolute atomic E-state index is 12.0. The summed E-state index contributed by atoms with van der Waals surface area (Å²) in [5.41, 5.74) is -0.482. The van der Waals surface area contributed by atoms with E-state index in [1.165, 1.54) is 18.3 Å². The second-order valence-corrected chi connectivity index (χ2v) is 5.29. The monoisotopic (exact) mass is 282 g/mol. The molecule has 0 saturated heterocycles. The molecule has 100 valence electrons. The molecule has 0 unspecified atom stereocenters. The molecule has 3 N–H and O–H groups in total. The first-order chi connectivity index (χ1) is 8.90. The quantitative estimate of drug-likeness (QED) is 0.754. The number of rotatable bonds is 4. The number of hydrogen-bond acceptors (Lipinski definition) is 5. The highest BCUT2D eigenvalue weighted by Crippen LogP contribution is 2.17. The molecule has 2 aromatic rings. The highest BCUT2D eigenvalue weighted by molar-refractivity contribution is 7.92. The van der Waals surface area contributed by atoms with Crippen molar-refractivity contribution < 1.29 is 18.3 Å². The van der Waals surface area contributed by atoms with E-state index in [2.05, 4.69) is 19.7 Å². The topological polar surface area (TPSA) is 125 Å². The summed E-state index contributed by atoms with van der Waals surface area (Å²) in [5, 5.41) is 8.77. The SMILES string of the molecule is Cc1ncc(S(=O)(=O)Nc2cccnc2C(=O)O)[nH]1. The highest BCUT2D eigenvalue weighted by Gasteiger charge is 2.20. The van der Waals surface area contributed by atoms with Gasteiger partial charge in [-0.3, -0.25) is 4.72 Å². The van der Waals surface area contributed by atoms with Gasteiger partial charge in [-0.15, -0.1) is 0 Å². The predicted octanol–water partition coefficient (Wildman–Crippen LogP) is 0.612. The van der Waals surface area contributed by atoms with Crippen molar-refractivity contribution in [2.24, 2.45) is 0 Å². The molecule has 2 rings (SSSR count). The molecule has 19 heavy (non-hydrogen) atoms. The number of aromatic nitrogens is 3. The fraction of sp³-hybridized carbons (Fsp3) is 0.100. The number of aromatic amines is 1. The first-order valence-electron chi connectivity index (χ1n) is 5.13. The van der Waals surface area contributed by atoms with Gasteiger partial charge in [-0.25, -0.2) is 14.8 Å². The number of anilines is 1. The third-order valence-electron chi connectivity index (χ3n) is 2.22. The van der Waals surface area contributed by atoms with Gasteiger partial charge in [0.15, 0.2) is 10.7 Å². The van der Waals surface area contributed by atoms with Gasteiger partial charge >= 0.3 is 5.97 Å². The van der Waals surface area contributed by atoms with E-state index in [-0.39, 0.29) is 16.4 Å². The number of pyridine rings is 1. The lowest BCUT2D eigenvalue weighted by molar-refractivity contribution is 0.0692. The zero-order valence-corrected chi connectivity index (χ0v) is 10.6. The van der Waals surface area contributed by atoms with Crippen LogP contribution in [0.4, 0.5) is 5.69 Å². The number of carboxylic acid groups (broad SMARTS) is 1. The highest BCUT2D eigenvalue weighted by atomic mass is 32.2. The number of nitrogens with one attached hydrogen (secondary N) is 2. The van der Waals surface area contributed by atoms with Crippen molar-refractivity contribution >= 4 is 21.7 Å². The minimum Gasteiger partial charge on any atom is -0.476 e. The third kappa shape index (κ3) is 2.71. The number of hydrogen-bond donors (Lipinski definition) is 3. The number of aryl methyl sites for hydroxylation is 1. The molecule has 2 heterocycles. The van der Waals surface area contributed by atoms with Gasteiger partial charge in [0.25, 0.3) is 10.0 Å². The first kappa shape index (κ1) is 13.0. The summed E-state index contributed by atoms with van der Waals surface area (Å²) in [6, 6.07) is 2.75. The van der Waals surface area contributed by atoms with Gasteiger partial charge in [-0.2, -0.15) is 8.42 Å². The van der Waals surface area contributed by atoms with Crippen molar-refractivity contribution in [3.63, 3.8) is 0 Å². The van der Waals surface area contributed by atoms with E-state index in [4.69, 9.17) is 5.11 Å². The molecule has 0 radical (unpaired) electrons. The van der Waals surface area contributed by atoms with Crippen LogP contribution in [0.25, 0.3) is 0 Å². The summed E-state index contributed by atoms with van der Waals surface area (Å²) in [6.07, 6.45) is 2.41. The zero-order chi connectivity index (χ0) is 14.0. The van der Waals surface area contributed by atoms with Crippen molar-refractivity contribution in [3.05, 3.63) is 36.0 Å². The number of carbonyl (C=O) groups is 1. The van der Waals surface area contributed by atoms with Gasteiger partial charge < -0.3 is 10.1 Å². The molecule has 0 saturated carbocycles. The fourth-order valence-corrected chi connectivity index (χ4v) is 2.43. The lowest BCUT2D eigenvalue weighted by atomic mass is 10.3. The smallest absolute Gasteiger partial charge is 0.356 e. The summed E-state index contributed by atoms with van der Waals surface area (Å²) in [7, 11) is -3.92. The van der Waals surface area contributed by atoms with Crippen LogP contribution < -0.4 is 4.72 Å². The summed E-state index contributed by atoms with van der Waals surface area (Å²) in [6.45, 7) is 1.60. The predicted molar refractivity (Wildman–Crippen MR) is 65.3 cm³/mol. The summed E-state index contributed by atoms with van der Waals surface area (Å²) < 4.78 is 26.1. The van der Waals surface area contributed by atoms with E-state index in [0.29, 0.717) is 5.82 Å². The van der Waals surface area contributed by atoms with E-state index < -0.39 is 16.0 Å². The van der Waals surface area contributed by atoms with Gasteiger partial charge in [0.2, 0.25) is 0 Å². The number of H-pyrrole nitrogens is 1. The van der Waals surface area contributed by atoms with E-state index in [1.807, 2.05) is 0 Å². The summed E-state index contributed by atoms with van der Waals surface area (Å²) >= 11 is 0. The van der Waals surface area contributed by atoms with Crippen LogP contribution in [-0.2, 0) is 10.0 Å². The Bertz CT molecular complexity index is 723. The average molecular weight is 282 g/mol. The van der Waals surface area contributed by atoms with Gasteiger partial charge in [-0.05, 0) is 19.1 Å². The number of imidazole rings is 1. The van der Waals surface area contributed by atoms with Gasteiger partial charge in [0.1, 0.15) is 5.82 Å². The van der Waals surface area contributed by atoms with E-state index in [1.54, 1.807) is 6.92 Å².